The van der Waals surface area contributed by atoms with Crippen LogP contribution in [0, 0.1) is 5.41 Å². The number of benzene rings is 1. The first-order valence-corrected chi connectivity index (χ1v) is 10.7. The number of hydrogen-bond acceptors (Lipinski definition) is 4. The van der Waals surface area contributed by atoms with Crippen LogP contribution < -0.4 is 0 Å². The normalized spacial score (nSPS) is 18.2. The summed E-state index contributed by atoms with van der Waals surface area (Å²) < 4.78 is 1.82. The number of amides is 1. The molecule has 0 bridgehead atoms. The van der Waals surface area contributed by atoms with Crippen LogP contribution >= 0.6 is 23.4 Å². The van der Waals surface area contributed by atoms with E-state index in [-0.39, 0.29) is 17.2 Å². The van der Waals surface area contributed by atoms with Gasteiger partial charge < -0.3 is 4.90 Å². The number of carbonyl (C=O) groups is 1. The second-order valence-corrected chi connectivity index (χ2v) is 9.58. The Morgan fingerprint density at radius 3 is 2.69 bits per heavy atom. The molecule has 1 aliphatic rings. The van der Waals surface area contributed by atoms with Crippen LogP contribution in [0.3, 0.4) is 0 Å². The van der Waals surface area contributed by atoms with E-state index in [1.54, 1.807) is 6.20 Å². The van der Waals surface area contributed by atoms with Crippen molar-refractivity contribution in [1.29, 1.82) is 0 Å². The molecule has 1 fully saturated rings. The molecule has 0 N–H and O–H groups in total. The van der Waals surface area contributed by atoms with Gasteiger partial charge in [0.05, 0.1) is 11.8 Å². The molecule has 0 spiro atoms. The second-order valence-electron chi connectivity index (χ2n) is 8.09. The van der Waals surface area contributed by atoms with E-state index in [1.165, 1.54) is 17.3 Å². The summed E-state index contributed by atoms with van der Waals surface area (Å²) >= 11 is 7.46. The van der Waals surface area contributed by atoms with Gasteiger partial charge in [-0.25, -0.2) is 4.98 Å². The smallest absolute Gasteiger partial charge is 0.256 e. The van der Waals surface area contributed by atoms with Crippen LogP contribution in [0.1, 0.15) is 35.7 Å². The van der Waals surface area contributed by atoms with Crippen LogP contribution in [-0.2, 0) is 7.05 Å². The fourth-order valence-electron chi connectivity index (χ4n) is 3.89. The predicted molar refractivity (Wildman–Crippen MR) is 115 cm³/mol. The zero-order valence-corrected chi connectivity index (χ0v) is 18.2. The molecule has 1 atom stereocenters. The van der Waals surface area contributed by atoms with E-state index in [2.05, 4.69) is 23.9 Å². The lowest BCUT2D eigenvalue weighted by molar-refractivity contribution is 0.0773. The first-order valence-electron chi connectivity index (χ1n) is 9.50. The summed E-state index contributed by atoms with van der Waals surface area (Å²) in [5.74, 6) is 0.276. The first-order chi connectivity index (χ1) is 13.8. The lowest BCUT2D eigenvalue weighted by Crippen LogP contribution is -2.30. The van der Waals surface area contributed by atoms with Crippen molar-refractivity contribution in [3.05, 3.63) is 71.1 Å². The summed E-state index contributed by atoms with van der Waals surface area (Å²) in [7, 11) is 1.92. The summed E-state index contributed by atoms with van der Waals surface area (Å²) in [6.07, 6.45) is 5.68. The van der Waals surface area contributed by atoms with Crippen LogP contribution in [0.4, 0.5) is 0 Å². The SMILES string of the molecule is Cn1cc(C2CN(C(=O)c3cccnc3Sc3ccc(Cl)cc3)CC2(C)C)cn1. The van der Waals surface area contributed by atoms with Gasteiger partial charge in [0.1, 0.15) is 5.03 Å². The number of likely N-dealkylation sites (tertiary alicyclic amines) is 1. The van der Waals surface area contributed by atoms with Gasteiger partial charge in [-0.05, 0) is 47.4 Å². The van der Waals surface area contributed by atoms with Crippen molar-refractivity contribution in [3.63, 3.8) is 0 Å². The van der Waals surface area contributed by atoms with Gasteiger partial charge in [-0.1, -0.05) is 37.2 Å². The molecule has 29 heavy (non-hydrogen) atoms. The maximum absolute atomic E-state index is 13.4. The number of aromatic nitrogens is 3. The number of nitrogens with zero attached hydrogens (tertiary/aromatic N) is 4. The molecule has 1 saturated heterocycles. The Morgan fingerprint density at radius 1 is 1.24 bits per heavy atom. The Balaban J connectivity index is 1.58. The molecule has 1 amide bonds. The molecule has 4 rings (SSSR count). The van der Waals surface area contributed by atoms with Crippen molar-refractivity contribution < 1.29 is 4.79 Å². The van der Waals surface area contributed by atoms with Gasteiger partial charge in [-0.2, -0.15) is 5.10 Å². The Bertz CT molecular complexity index is 1030. The molecule has 3 heterocycles. The molecule has 1 unspecified atom stereocenters. The zero-order chi connectivity index (χ0) is 20.6. The molecule has 1 aromatic carbocycles. The molecule has 0 radical (unpaired) electrons. The van der Waals surface area contributed by atoms with Gasteiger partial charge in [0.15, 0.2) is 0 Å². The highest BCUT2D eigenvalue weighted by Crippen LogP contribution is 2.43. The fourth-order valence-corrected chi connectivity index (χ4v) is 4.89. The van der Waals surface area contributed by atoms with Crippen molar-refractivity contribution in [1.82, 2.24) is 19.7 Å². The van der Waals surface area contributed by atoms with Crippen LogP contribution in [0.15, 0.2) is 64.9 Å². The third-order valence-corrected chi connectivity index (χ3v) is 6.67. The number of aryl methyl sites for hydroxylation is 1. The molecule has 150 valence electrons. The lowest BCUT2D eigenvalue weighted by atomic mass is 9.79. The van der Waals surface area contributed by atoms with E-state index in [4.69, 9.17) is 11.6 Å². The summed E-state index contributed by atoms with van der Waals surface area (Å²) in [5.41, 5.74) is 1.79. The van der Waals surface area contributed by atoms with Crippen molar-refractivity contribution in [2.75, 3.05) is 13.1 Å². The third-order valence-electron chi connectivity index (χ3n) is 5.39. The number of rotatable bonds is 4. The van der Waals surface area contributed by atoms with Gasteiger partial charge in [0.2, 0.25) is 0 Å². The highest BCUT2D eigenvalue weighted by Gasteiger charge is 2.43. The van der Waals surface area contributed by atoms with Gasteiger partial charge in [0, 0.05) is 48.4 Å². The average Bonchev–Trinajstić information content (AvgIpc) is 3.25. The van der Waals surface area contributed by atoms with E-state index in [0.717, 1.165) is 4.90 Å². The van der Waals surface area contributed by atoms with E-state index in [0.29, 0.717) is 28.7 Å². The van der Waals surface area contributed by atoms with Gasteiger partial charge in [-0.3, -0.25) is 9.48 Å². The minimum absolute atomic E-state index is 0.0222. The molecule has 3 aromatic rings. The topological polar surface area (TPSA) is 51.0 Å². The van der Waals surface area contributed by atoms with Crippen molar-refractivity contribution in [2.24, 2.45) is 12.5 Å². The van der Waals surface area contributed by atoms with Crippen LogP contribution in [-0.4, -0.2) is 38.7 Å². The van der Waals surface area contributed by atoms with Gasteiger partial charge in [0.25, 0.3) is 5.91 Å². The molecular weight excluding hydrogens is 404 g/mol. The highest BCUT2D eigenvalue weighted by atomic mass is 35.5. The van der Waals surface area contributed by atoms with Crippen molar-refractivity contribution in [3.8, 4) is 0 Å². The summed E-state index contributed by atoms with van der Waals surface area (Å²) in [6, 6.07) is 11.2. The zero-order valence-electron chi connectivity index (χ0n) is 16.7. The third kappa shape index (κ3) is 4.19. The van der Waals surface area contributed by atoms with E-state index in [1.807, 2.05) is 65.4 Å². The minimum atomic E-state index is -0.0234. The molecular formula is C22H23ClN4OS. The average molecular weight is 427 g/mol. The molecule has 5 nitrogen and oxygen atoms in total. The van der Waals surface area contributed by atoms with Crippen molar-refractivity contribution >= 4 is 29.3 Å². The van der Waals surface area contributed by atoms with Crippen LogP contribution in [0.5, 0.6) is 0 Å². The van der Waals surface area contributed by atoms with Gasteiger partial charge in [-0.15, -0.1) is 0 Å². The lowest BCUT2D eigenvalue weighted by Gasteiger charge is -2.24. The quantitative estimate of drug-likeness (QED) is 0.596. The molecule has 0 saturated carbocycles. The van der Waals surface area contributed by atoms with Gasteiger partial charge >= 0.3 is 0 Å². The predicted octanol–water partition coefficient (Wildman–Crippen LogP) is 4.89. The largest absolute Gasteiger partial charge is 0.337 e. The maximum atomic E-state index is 13.4. The Kier molecular flexibility index (Phi) is 5.40. The number of carbonyl (C=O) groups excluding carboxylic acids is 1. The molecule has 1 aliphatic heterocycles. The number of hydrogen-bond donors (Lipinski definition) is 0. The first kappa shape index (κ1) is 20.0. The molecule has 0 aliphatic carbocycles. The minimum Gasteiger partial charge on any atom is -0.337 e. The molecule has 7 heteroatoms. The van der Waals surface area contributed by atoms with Crippen LogP contribution in [0.25, 0.3) is 0 Å². The van der Waals surface area contributed by atoms with E-state index < -0.39 is 0 Å². The summed E-state index contributed by atoms with van der Waals surface area (Å²) in [6.45, 7) is 5.80. The fraction of sp³-hybridized carbons (Fsp3) is 0.318. The second kappa shape index (κ2) is 7.84. The van der Waals surface area contributed by atoms with E-state index in [9.17, 15) is 4.79 Å². The Morgan fingerprint density at radius 2 is 2.00 bits per heavy atom. The summed E-state index contributed by atoms with van der Waals surface area (Å²) in [5, 5.41) is 5.71. The monoisotopic (exact) mass is 426 g/mol. The maximum Gasteiger partial charge on any atom is 0.256 e. The van der Waals surface area contributed by atoms with Crippen molar-refractivity contribution in [2.45, 2.75) is 29.7 Å². The van der Waals surface area contributed by atoms with Crippen LogP contribution in [0.2, 0.25) is 5.02 Å². The summed E-state index contributed by atoms with van der Waals surface area (Å²) in [4.78, 5) is 20.8. The number of halogens is 1. The Hall–Kier alpha value is -2.31. The van der Waals surface area contributed by atoms with E-state index >= 15 is 0 Å². The molecule has 2 aromatic heterocycles. The standard InChI is InChI=1S/C22H23ClN4OS/c1-22(2)14-27(13-19(22)15-11-25-26(3)12-15)21(28)18-5-4-10-24-20(18)29-17-8-6-16(23)7-9-17/h4-12,19H,13-14H2,1-3H3. The highest BCUT2D eigenvalue weighted by molar-refractivity contribution is 7.99. The number of pyridine rings is 1. The Labute approximate surface area is 180 Å².